The molecule has 1 radical (unpaired) electrons. The predicted octanol–water partition coefficient (Wildman–Crippen LogP) is 1.58. The predicted molar refractivity (Wildman–Crippen MR) is 49.7 cm³/mol. The number of nitrogens with zero attached hydrogens (tertiary/aromatic N) is 1. The van der Waals surface area contributed by atoms with Crippen molar-refractivity contribution < 1.29 is 4.79 Å². The van der Waals surface area contributed by atoms with Crippen molar-refractivity contribution in [2.24, 2.45) is 0 Å². The molecule has 1 aliphatic rings. The van der Waals surface area contributed by atoms with Crippen LogP contribution in [0.5, 0.6) is 0 Å². The van der Waals surface area contributed by atoms with E-state index in [0.717, 1.165) is 11.3 Å². The number of benzene rings is 1. The number of carbonyl (C=O) groups excluding carboxylic acids is 1. The fourth-order valence-corrected chi connectivity index (χ4v) is 1.39. The van der Waals surface area contributed by atoms with E-state index in [1.807, 2.05) is 6.07 Å². The third-order valence-electron chi connectivity index (χ3n) is 2.16. The minimum absolute atomic E-state index is 0.113. The molecule has 1 aromatic carbocycles. The summed E-state index contributed by atoms with van der Waals surface area (Å²) in [5.41, 5.74) is 9.74. The molecule has 2 amide bonds. The Morgan fingerprint density at radius 1 is 1.54 bits per heavy atom. The summed E-state index contributed by atoms with van der Waals surface area (Å²) in [7, 11) is 1.71. The maximum Gasteiger partial charge on any atom is 0.321 e. The Kier molecular flexibility index (Phi) is 1.62. The number of carbonyl (C=O) groups is 1. The van der Waals surface area contributed by atoms with Gasteiger partial charge >= 0.3 is 6.03 Å². The molecule has 0 atom stereocenters. The van der Waals surface area contributed by atoms with Crippen LogP contribution < -0.4 is 11.1 Å². The highest BCUT2D eigenvalue weighted by Gasteiger charge is 2.20. The average Bonchev–Trinajstić information content (AvgIpc) is 2.09. The van der Waals surface area contributed by atoms with Gasteiger partial charge in [0.25, 0.3) is 0 Å². The smallest absolute Gasteiger partial charge is 0.321 e. The lowest BCUT2D eigenvalue weighted by Gasteiger charge is -2.26. The molecule has 2 rings (SSSR count). The molecule has 0 unspecified atom stereocenters. The maximum atomic E-state index is 11.2. The Morgan fingerprint density at radius 2 is 2.31 bits per heavy atom. The van der Waals surface area contributed by atoms with Crippen molar-refractivity contribution in [2.45, 2.75) is 6.54 Å². The van der Waals surface area contributed by atoms with Crippen LogP contribution in [-0.2, 0) is 6.54 Å². The number of urea groups is 1. The average molecular weight is 176 g/mol. The first-order valence-electron chi connectivity index (χ1n) is 4.04. The number of amides is 2. The van der Waals surface area contributed by atoms with Crippen LogP contribution in [0, 0.1) is 0 Å². The van der Waals surface area contributed by atoms with Crippen molar-refractivity contribution in [3.8, 4) is 0 Å². The lowest BCUT2D eigenvalue weighted by Crippen LogP contribution is -2.35. The molecule has 0 spiro atoms. The normalized spacial score (nSPS) is 15.2. The maximum absolute atomic E-state index is 11.2. The fourth-order valence-electron chi connectivity index (χ4n) is 1.39. The van der Waals surface area contributed by atoms with Crippen LogP contribution in [-0.4, -0.2) is 18.0 Å². The van der Waals surface area contributed by atoms with Crippen LogP contribution in [0.3, 0.4) is 0 Å². The molecular formula is C9H10N3O. The Balaban J connectivity index is 2.48. The first-order chi connectivity index (χ1) is 6.18. The number of fused-ring (bicyclic) bond motifs is 1. The molecule has 4 heteroatoms. The van der Waals surface area contributed by atoms with E-state index in [-0.39, 0.29) is 6.03 Å². The molecule has 0 aliphatic carbocycles. The molecular weight excluding hydrogens is 166 g/mol. The number of anilines is 1. The fraction of sp³-hybridized carbons (Fsp3) is 0.222. The number of nitrogens with one attached hydrogen (secondary N) is 2. The molecule has 67 valence electrons. The van der Waals surface area contributed by atoms with Crippen LogP contribution in [0.25, 0.3) is 0 Å². The SMILES string of the molecule is CN1Cc2c([NH])cccc2NC1=O. The van der Waals surface area contributed by atoms with Gasteiger partial charge in [-0.05, 0) is 12.1 Å². The molecule has 4 nitrogen and oxygen atoms in total. The quantitative estimate of drug-likeness (QED) is 0.641. The summed E-state index contributed by atoms with van der Waals surface area (Å²) in [5, 5.41) is 2.72. The second-order valence-corrected chi connectivity index (χ2v) is 3.12. The van der Waals surface area contributed by atoms with E-state index in [9.17, 15) is 4.79 Å². The van der Waals surface area contributed by atoms with Gasteiger partial charge in [-0.15, -0.1) is 0 Å². The zero-order valence-corrected chi connectivity index (χ0v) is 7.29. The highest BCUT2D eigenvalue weighted by molar-refractivity contribution is 5.93. The standard InChI is InChI=1S/C9H10N3O/c1-12-5-6-7(10)3-2-4-8(6)11-9(12)13/h2-4,10H,5H2,1H3,(H,11,13). The first-order valence-corrected chi connectivity index (χ1v) is 4.04. The second kappa shape index (κ2) is 2.65. The Bertz CT molecular complexity index is 362. The van der Waals surface area contributed by atoms with E-state index in [4.69, 9.17) is 5.73 Å². The monoisotopic (exact) mass is 176 g/mol. The van der Waals surface area contributed by atoms with E-state index < -0.39 is 0 Å². The first kappa shape index (κ1) is 7.91. The molecule has 13 heavy (non-hydrogen) atoms. The summed E-state index contributed by atoms with van der Waals surface area (Å²) >= 11 is 0. The Hall–Kier alpha value is -1.71. The molecule has 2 N–H and O–H groups in total. The molecule has 1 aromatic rings. The van der Waals surface area contributed by atoms with Gasteiger partial charge < -0.3 is 16.0 Å². The second-order valence-electron chi connectivity index (χ2n) is 3.12. The molecule has 0 saturated heterocycles. The van der Waals surface area contributed by atoms with E-state index in [2.05, 4.69) is 5.32 Å². The third-order valence-corrected chi connectivity index (χ3v) is 2.16. The van der Waals surface area contributed by atoms with Crippen molar-refractivity contribution in [1.29, 1.82) is 0 Å². The van der Waals surface area contributed by atoms with Gasteiger partial charge in [-0.3, -0.25) is 0 Å². The largest absolute Gasteiger partial charge is 0.323 e. The summed E-state index contributed by atoms with van der Waals surface area (Å²) in [4.78, 5) is 12.8. The van der Waals surface area contributed by atoms with Gasteiger partial charge in [-0.1, -0.05) is 6.07 Å². The molecule has 0 aromatic heterocycles. The highest BCUT2D eigenvalue weighted by Crippen LogP contribution is 2.27. The minimum atomic E-state index is -0.113. The van der Waals surface area contributed by atoms with Gasteiger partial charge in [0.2, 0.25) is 0 Å². The molecule has 0 saturated carbocycles. The van der Waals surface area contributed by atoms with E-state index in [1.54, 1.807) is 24.1 Å². The zero-order chi connectivity index (χ0) is 9.42. The summed E-state index contributed by atoms with van der Waals surface area (Å²) in [6.07, 6.45) is 0. The summed E-state index contributed by atoms with van der Waals surface area (Å²) < 4.78 is 0. The highest BCUT2D eigenvalue weighted by atomic mass is 16.2. The van der Waals surface area contributed by atoms with Gasteiger partial charge in [0, 0.05) is 18.3 Å². The van der Waals surface area contributed by atoms with Crippen LogP contribution in [0.2, 0.25) is 0 Å². The van der Waals surface area contributed by atoms with Gasteiger partial charge in [0.1, 0.15) is 0 Å². The number of rotatable bonds is 0. The van der Waals surface area contributed by atoms with Gasteiger partial charge in [0.15, 0.2) is 0 Å². The van der Waals surface area contributed by atoms with Crippen LogP contribution in [0.15, 0.2) is 18.2 Å². The summed E-state index contributed by atoms with van der Waals surface area (Å²) in [6.45, 7) is 0.515. The van der Waals surface area contributed by atoms with Crippen molar-refractivity contribution in [1.82, 2.24) is 10.6 Å². The Labute approximate surface area is 76.3 Å². The van der Waals surface area contributed by atoms with E-state index in [1.165, 1.54) is 0 Å². The van der Waals surface area contributed by atoms with Gasteiger partial charge in [-0.2, -0.15) is 0 Å². The van der Waals surface area contributed by atoms with Crippen molar-refractivity contribution in [3.63, 3.8) is 0 Å². The van der Waals surface area contributed by atoms with Crippen LogP contribution >= 0.6 is 0 Å². The van der Waals surface area contributed by atoms with E-state index in [0.29, 0.717) is 12.2 Å². The number of hydrogen-bond acceptors (Lipinski definition) is 1. The zero-order valence-electron chi connectivity index (χ0n) is 7.29. The molecule has 0 fully saturated rings. The van der Waals surface area contributed by atoms with Gasteiger partial charge in [-0.25, -0.2) is 4.79 Å². The third kappa shape index (κ3) is 1.20. The minimum Gasteiger partial charge on any atom is -0.323 e. The molecule has 1 aliphatic heterocycles. The molecule has 0 bridgehead atoms. The summed E-state index contributed by atoms with van der Waals surface area (Å²) in [5.74, 6) is 0. The van der Waals surface area contributed by atoms with Crippen molar-refractivity contribution in [3.05, 3.63) is 23.8 Å². The van der Waals surface area contributed by atoms with Crippen LogP contribution in [0.1, 0.15) is 5.56 Å². The van der Waals surface area contributed by atoms with Crippen molar-refractivity contribution >= 4 is 17.4 Å². The van der Waals surface area contributed by atoms with E-state index >= 15 is 0 Å². The van der Waals surface area contributed by atoms with Crippen LogP contribution in [0.4, 0.5) is 16.2 Å². The Morgan fingerprint density at radius 3 is 3.08 bits per heavy atom. The summed E-state index contributed by atoms with van der Waals surface area (Å²) in [6, 6.07) is 5.20. The van der Waals surface area contributed by atoms with Crippen molar-refractivity contribution in [2.75, 3.05) is 12.4 Å². The van der Waals surface area contributed by atoms with Gasteiger partial charge in [0.05, 0.1) is 12.2 Å². The lowest BCUT2D eigenvalue weighted by molar-refractivity contribution is 0.218. The topological polar surface area (TPSA) is 56.1 Å². The number of hydrogen-bond donors (Lipinski definition) is 1. The lowest BCUT2D eigenvalue weighted by atomic mass is 10.1. The molecule has 1 heterocycles.